The number of rotatable bonds is 3. The molecule has 1 aliphatic heterocycles. The number of carbonyl (C=O) groups excluding carboxylic acids is 2. The Bertz CT molecular complexity index is 484. The van der Waals surface area contributed by atoms with Gasteiger partial charge in [0.2, 0.25) is 5.91 Å². The summed E-state index contributed by atoms with van der Waals surface area (Å²) in [5, 5.41) is 2.89. The van der Waals surface area contributed by atoms with Crippen molar-refractivity contribution in [3.63, 3.8) is 0 Å². The monoisotopic (exact) mass is 275 g/mol. The fourth-order valence-electron chi connectivity index (χ4n) is 2.53. The van der Waals surface area contributed by atoms with Crippen molar-refractivity contribution in [1.82, 2.24) is 10.2 Å². The van der Waals surface area contributed by atoms with Gasteiger partial charge in [-0.05, 0) is 30.5 Å². The van der Waals surface area contributed by atoms with Crippen LogP contribution in [0.1, 0.15) is 35.7 Å². The van der Waals surface area contributed by atoms with Crippen molar-refractivity contribution in [3.05, 3.63) is 35.4 Å². The van der Waals surface area contributed by atoms with Crippen LogP contribution in [0.2, 0.25) is 0 Å². The number of carbonyl (C=O) groups is 2. The molecule has 0 aliphatic carbocycles. The quantitative estimate of drug-likeness (QED) is 0.860. The highest BCUT2D eigenvalue weighted by molar-refractivity contribution is 5.94. The Kier molecular flexibility index (Phi) is 4.74. The van der Waals surface area contributed by atoms with Crippen LogP contribution in [0.25, 0.3) is 0 Å². The Morgan fingerprint density at radius 1 is 1.35 bits per heavy atom. The van der Waals surface area contributed by atoms with Gasteiger partial charge in [0.1, 0.15) is 0 Å². The number of nitrogens with zero attached hydrogens (tertiary/aromatic N) is 1. The van der Waals surface area contributed by atoms with Gasteiger partial charge in [0.15, 0.2) is 0 Å². The maximum Gasteiger partial charge on any atom is 0.253 e. The van der Waals surface area contributed by atoms with Gasteiger partial charge in [0.25, 0.3) is 5.91 Å². The van der Waals surface area contributed by atoms with E-state index in [4.69, 9.17) is 5.73 Å². The van der Waals surface area contributed by atoms with E-state index in [0.29, 0.717) is 18.7 Å². The lowest BCUT2D eigenvalue weighted by Crippen LogP contribution is -2.49. The fourth-order valence-corrected chi connectivity index (χ4v) is 2.53. The zero-order valence-electron chi connectivity index (χ0n) is 11.8. The summed E-state index contributed by atoms with van der Waals surface area (Å²) in [4.78, 5) is 25.3. The number of amides is 2. The average Bonchev–Trinajstić information content (AvgIpc) is 2.46. The van der Waals surface area contributed by atoms with Crippen LogP contribution in [0.4, 0.5) is 0 Å². The zero-order valence-corrected chi connectivity index (χ0v) is 11.8. The molecule has 3 N–H and O–H groups in total. The summed E-state index contributed by atoms with van der Waals surface area (Å²) in [6.45, 7) is 3.31. The lowest BCUT2D eigenvalue weighted by molar-refractivity contribution is -0.120. The number of likely N-dealkylation sites (tertiary alicyclic amines) is 1. The molecule has 0 unspecified atom stereocenters. The minimum Gasteiger partial charge on any atom is -0.352 e. The van der Waals surface area contributed by atoms with Crippen LogP contribution in [0, 0.1) is 0 Å². The molecule has 1 aliphatic rings. The summed E-state index contributed by atoms with van der Waals surface area (Å²) in [5.74, 6) is -0.0276. The molecule has 0 bridgehead atoms. The number of piperidine rings is 1. The van der Waals surface area contributed by atoms with Crippen molar-refractivity contribution in [3.8, 4) is 0 Å². The Morgan fingerprint density at radius 2 is 2.05 bits per heavy atom. The molecule has 2 amide bonds. The normalized spacial score (nSPS) is 18.7. The molecule has 1 heterocycles. The minimum atomic E-state index is -0.0448. The predicted molar refractivity (Wildman–Crippen MR) is 77.1 cm³/mol. The molecule has 0 aromatic heterocycles. The number of nitrogens with two attached hydrogens (primary N) is 1. The van der Waals surface area contributed by atoms with E-state index in [1.165, 1.54) is 6.92 Å². The van der Waals surface area contributed by atoms with Gasteiger partial charge in [-0.15, -0.1) is 0 Å². The van der Waals surface area contributed by atoms with Gasteiger partial charge in [0.05, 0.1) is 0 Å². The third-order valence-electron chi connectivity index (χ3n) is 3.55. The van der Waals surface area contributed by atoms with Crippen LogP contribution in [-0.2, 0) is 11.3 Å². The molecule has 20 heavy (non-hydrogen) atoms. The topological polar surface area (TPSA) is 75.4 Å². The molecule has 1 saturated heterocycles. The van der Waals surface area contributed by atoms with Gasteiger partial charge in [-0.2, -0.15) is 0 Å². The summed E-state index contributed by atoms with van der Waals surface area (Å²) in [7, 11) is 0. The molecule has 1 atom stereocenters. The summed E-state index contributed by atoms with van der Waals surface area (Å²) < 4.78 is 0. The zero-order chi connectivity index (χ0) is 14.5. The van der Waals surface area contributed by atoms with Crippen LogP contribution in [0.15, 0.2) is 24.3 Å². The SMILES string of the molecule is CC(=O)N[C@@H]1CCCN(C(=O)c2ccc(CN)cc2)C1. The van der Waals surface area contributed by atoms with Crippen molar-refractivity contribution in [2.75, 3.05) is 13.1 Å². The standard InChI is InChI=1S/C15H21N3O2/c1-11(19)17-14-3-2-8-18(10-14)15(20)13-6-4-12(9-16)5-7-13/h4-7,14H,2-3,8-10,16H2,1H3,(H,17,19)/t14-/m1/s1. The van der Waals surface area contributed by atoms with Crippen molar-refractivity contribution in [2.45, 2.75) is 32.4 Å². The van der Waals surface area contributed by atoms with E-state index in [0.717, 1.165) is 24.9 Å². The first-order chi connectivity index (χ1) is 9.60. The maximum absolute atomic E-state index is 12.4. The highest BCUT2D eigenvalue weighted by Gasteiger charge is 2.24. The van der Waals surface area contributed by atoms with Gasteiger partial charge in [0, 0.05) is 38.2 Å². The lowest BCUT2D eigenvalue weighted by Gasteiger charge is -2.33. The van der Waals surface area contributed by atoms with E-state index in [2.05, 4.69) is 5.32 Å². The van der Waals surface area contributed by atoms with E-state index >= 15 is 0 Å². The number of hydrogen-bond donors (Lipinski definition) is 2. The highest BCUT2D eigenvalue weighted by atomic mass is 16.2. The second kappa shape index (κ2) is 6.52. The Morgan fingerprint density at radius 3 is 2.65 bits per heavy atom. The van der Waals surface area contributed by atoms with Crippen LogP contribution >= 0.6 is 0 Å². The Balaban J connectivity index is 2.02. The maximum atomic E-state index is 12.4. The first-order valence-corrected chi connectivity index (χ1v) is 6.95. The first-order valence-electron chi connectivity index (χ1n) is 6.95. The second-order valence-corrected chi connectivity index (χ2v) is 5.19. The molecule has 1 fully saturated rings. The summed E-state index contributed by atoms with van der Waals surface area (Å²) in [6.07, 6.45) is 1.84. The Labute approximate surface area is 119 Å². The van der Waals surface area contributed by atoms with E-state index in [1.54, 1.807) is 0 Å². The summed E-state index contributed by atoms with van der Waals surface area (Å²) in [5.41, 5.74) is 7.23. The van der Waals surface area contributed by atoms with E-state index in [9.17, 15) is 9.59 Å². The van der Waals surface area contributed by atoms with Crippen LogP contribution in [-0.4, -0.2) is 35.8 Å². The lowest BCUT2D eigenvalue weighted by atomic mass is 10.0. The van der Waals surface area contributed by atoms with E-state index < -0.39 is 0 Å². The molecule has 0 radical (unpaired) electrons. The first kappa shape index (κ1) is 14.5. The van der Waals surface area contributed by atoms with Crippen molar-refractivity contribution < 1.29 is 9.59 Å². The third-order valence-corrected chi connectivity index (χ3v) is 3.55. The molecule has 0 saturated carbocycles. The average molecular weight is 275 g/mol. The minimum absolute atomic E-state index is 0.0172. The second-order valence-electron chi connectivity index (χ2n) is 5.19. The largest absolute Gasteiger partial charge is 0.352 e. The van der Waals surface area contributed by atoms with Crippen molar-refractivity contribution >= 4 is 11.8 Å². The fraction of sp³-hybridized carbons (Fsp3) is 0.467. The smallest absolute Gasteiger partial charge is 0.253 e. The van der Waals surface area contributed by atoms with E-state index in [-0.39, 0.29) is 17.9 Å². The summed E-state index contributed by atoms with van der Waals surface area (Å²) >= 11 is 0. The number of benzene rings is 1. The van der Waals surface area contributed by atoms with Gasteiger partial charge in [-0.3, -0.25) is 9.59 Å². The van der Waals surface area contributed by atoms with Gasteiger partial charge < -0.3 is 16.0 Å². The molecule has 5 heteroatoms. The molecular formula is C15H21N3O2. The van der Waals surface area contributed by atoms with Gasteiger partial charge in [-0.25, -0.2) is 0 Å². The van der Waals surface area contributed by atoms with Crippen LogP contribution < -0.4 is 11.1 Å². The molecular weight excluding hydrogens is 254 g/mol. The van der Waals surface area contributed by atoms with Crippen LogP contribution in [0.3, 0.4) is 0 Å². The third kappa shape index (κ3) is 3.57. The van der Waals surface area contributed by atoms with Gasteiger partial charge >= 0.3 is 0 Å². The molecule has 1 aromatic carbocycles. The van der Waals surface area contributed by atoms with Gasteiger partial charge in [-0.1, -0.05) is 12.1 Å². The molecule has 108 valence electrons. The summed E-state index contributed by atoms with van der Waals surface area (Å²) in [6, 6.07) is 7.44. The number of hydrogen-bond acceptors (Lipinski definition) is 3. The predicted octanol–water partition coefficient (Wildman–Crippen LogP) is 0.886. The van der Waals surface area contributed by atoms with E-state index in [1.807, 2.05) is 29.2 Å². The number of nitrogens with one attached hydrogen (secondary N) is 1. The highest BCUT2D eigenvalue weighted by Crippen LogP contribution is 2.14. The molecule has 5 nitrogen and oxygen atoms in total. The van der Waals surface area contributed by atoms with Crippen molar-refractivity contribution in [1.29, 1.82) is 0 Å². The Hall–Kier alpha value is -1.88. The molecule has 0 spiro atoms. The molecule has 1 aromatic rings. The van der Waals surface area contributed by atoms with Crippen LogP contribution in [0.5, 0.6) is 0 Å². The molecule has 2 rings (SSSR count). The van der Waals surface area contributed by atoms with Crippen molar-refractivity contribution in [2.24, 2.45) is 5.73 Å².